The molecule has 0 aromatic carbocycles. The number of aliphatic imine (C=N–C) groups is 1. The maximum Gasteiger partial charge on any atom is 0.191 e. The van der Waals surface area contributed by atoms with Crippen LogP contribution >= 0.6 is 0 Å². The van der Waals surface area contributed by atoms with Crippen LogP contribution in [0.5, 0.6) is 0 Å². The zero-order valence-electron chi connectivity index (χ0n) is 12.7. The van der Waals surface area contributed by atoms with Gasteiger partial charge in [0, 0.05) is 58.0 Å². The van der Waals surface area contributed by atoms with Gasteiger partial charge in [-0.15, -0.1) is 0 Å². The van der Waals surface area contributed by atoms with Gasteiger partial charge in [-0.2, -0.15) is 5.10 Å². The van der Waals surface area contributed by atoms with Crippen LogP contribution in [0, 0.1) is 5.92 Å². The molecule has 6 nitrogen and oxygen atoms in total. The molecule has 1 atom stereocenters. The first kappa shape index (κ1) is 15.2. The number of hydrogen-bond acceptors (Lipinski definition) is 2. The lowest BCUT2D eigenvalue weighted by Gasteiger charge is -2.16. The predicted molar refractivity (Wildman–Crippen MR) is 85.2 cm³/mol. The van der Waals surface area contributed by atoms with E-state index in [9.17, 15) is 0 Å². The molecule has 0 fully saturated rings. The summed E-state index contributed by atoms with van der Waals surface area (Å²) in [6.07, 6.45) is 7.91. The van der Waals surface area contributed by atoms with Crippen LogP contribution < -0.4 is 10.6 Å². The Morgan fingerprint density at radius 1 is 1.19 bits per heavy atom. The molecule has 0 radical (unpaired) electrons. The van der Waals surface area contributed by atoms with E-state index in [1.165, 1.54) is 0 Å². The number of aromatic nitrogens is 3. The molecule has 6 heteroatoms. The highest BCUT2D eigenvalue weighted by atomic mass is 15.3. The molecule has 0 saturated heterocycles. The van der Waals surface area contributed by atoms with E-state index >= 15 is 0 Å². The number of hydrogen-bond donors (Lipinski definition) is 2. The average molecular weight is 288 g/mol. The standard InChI is InChI=1S/C15H24N6/c1-14(13-21-10-5-6-19-21)12-18-15(16-2)17-7-11-20-8-3-4-9-20/h3-6,8-10,14H,7,11-13H2,1-2H3,(H2,16,17,18). The van der Waals surface area contributed by atoms with Gasteiger partial charge in [-0.3, -0.25) is 9.67 Å². The highest BCUT2D eigenvalue weighted by molar-refractivity contribution is 5.79. The number of nitrogens with zero attached hydrogens (tertiary/aromatic N) is 4. The van der Waals surface area contributed by atoms with Gasteiger partial charge < -0.3 is 15.2 Å². The molecule has 0 aliphatic carbocycles. The van der Waals surface area contributed by atoms with Crippen molar-refractivity contribution in [2.24, 2.45) is 10.9 Å². The van der Waals surface area contributed by atoms with E-state index in [0.29, 0.717) is 5.92 Å². The third-order valence-corrected chi connectivity index (χ3v) is 3.23. The van der Waals surface area contributed by atoms with Gasteiger partial charge in [-0.05, 0) is 24.1 Å². The van der Waals surface area contributed by atoms with Crippen LogP contribution in [0.15, 0.2) is 48.0 Å². The average Bonchev–Trinajstić information content (AvgIpc) is 3.16. The molecule has 0 spiro atoms. The first-order chi connectivity index (χ1) is 10.3. The lowest BCUT2D eigenvalue weighted by molar-refractivity contribution is 0.443. The number of rotatable bonds is 7. The summed E-state index contributed by atoms with van der Waals surface area (Å²) >= 11 is 0. The molecule has 0 bridgehead atoms. The molecule has 0 aliphatic heterocycles. The highest BCUT2D eigenvalue weighted by Gasteiger charge is 2.05. The molecule has 0 aliphatic rings. The molecule has 2 rings (SSSR count). The fourth-order valence-electron chi connectivity index (χ4n) is 2.11. The summed E-state index contributed by atoms with van der Waals surface area (Å²) in [7, 11) is 1.79. The fourth-order valence-corrected chi connectivity index (χ4v) is 2.11. The Labute approximate surface area is 125 Å². The van der Waals surface area contributed by atoms with Crippen LogP contribution in [0.2, 0.25) is 0 Å². The molecule has 2 N–H and O–H groups in total. The lowest BCUT2D eigenvalue weighted by Crippen LogP contribution is -2.41. The van der Waals surface area contributed by atoms with Crippen molar-refractivity contribution in [1.29, 1.82) is 0 Å². The van der Waals surface area contributed by atoms with Gasteiger partial charge in [0.05, 0.1) is 0 Å². The minimum atomic E-state index is 0.480. The highest BCUT2D eigenvalue weighted by Crippen LogP contribution is 1.97. The molecular formula is C15H24N6. The summed E-state index contributed by atoms with van der Waals surface area (Å²) in [6, 6.07) is 6.01. The zero-order valence-corrected chi connectivity index (χ0v) is 12.7. The molecule has 0 amide bonds. The molecule has 114 valence electrons. The Morgan fingerprint density at radius 2 is 2.00 bits per heavy atom. The minimum absolute atomic E-state index is 0.480. The van der Waals surface area contributed by atoms with Crippen molar-refractivity contribution in [2.45, 2.75) is 20.0 Å². The van der Waals surface area contributed by atoms with Gasteiger partial charge in [0.15, 0.2) is 5.96 Å². The zero-order chi connectivity index (χ0) is 14.9. The van der Waals surface area contributed by atoms with E-state index in [1.54, 1.807) is 7.05 Å². The topological polar surface area (TPSA) is 59.2 Å². The van der Waals surface area contributed by atoms with E-state index in [0.717, 1.165) is 32.1 Å². The Kier molecular flexibility index (Phi) is 5.87. The molecule has 2 heterocycles. The van der Waals surface area contributed by atoms with Crippen LogP contribution in [0.4, 0.5) is 0 Å². The van der Waals surface area contributed by atoms with Crippen molar-refractivity contribution >= 4 is 5.96 Å². The van der Waals surface area contributed by atoms with Crippen LogP contribution in [-0.2, 0) is 13.1 Å². The minimum Gasteiger partial charge on any atom is -0.356 e. The third-order valence-electron chi connectivity index (χ3n) is 3.23. The Morgan fingerprint density at radius 3 is 2.67 bits per heavy atom. The summed E-state index contributed by atoms with van der Waals surface area (Å²) < 4.78 is 4.09. The van der Waals surface area contributed by atoms with Crippen molar-refractivity contribution in [3.05, 3.63) is 43.0 Å². The maximum absolute atomic E-state index is 4.24. The van der Waals surface area contributed by atoms with Crippen LogP contribution in [-0.4, -0.2) is 40.4 Å². The SMILES string of the molecule is CN=C(NCCn1cccc1)NCC(C)Cn1cccn1. The van der Waals surface area contributed by atoms with Gasteiger partial charge >= 0.3 is 0 Å². The molecule has 21 heavy (non-hydrogen) atoms. The predicted octanol–water partition coefficient (Wildman–Crippen LogP) is 1.19. The fraction of sp³-hybridized carbons (Fsp3) is 0.467. The van der Waals surface area contributed by atoms with Crippen molar-refractivity contribution in [1.82, 2.24) is 25.0 Å². The monoisotopic (exact) mass is 288 g/mol. The maximum atomic E-state index is 4.24. The van der Waals surface area contributed by atoms with E-state index < -0.39 is 0 Å². The summed E-state index contributed by atoms with van der Waals surface area (Å²) in [5.74, 6) is 1.32. The van der Waals surface area contributed by atoms with E-state index in [1.807, 2.05) is 35.3 Å². The van der Waals surface area contributed by atoms with E-state index in [4.69, 9.17) is 0 Å². The van der Waals surface area contributed by atoms with Gasteiger partial charge in [0.1, 0.15) is 0 Å². The molecular weight excluding hydrogens is 264 g/mol. The van der Waals surface area contributed by atoms with Crippen LogP contribution in [0.25, 0.3) is 0 Å². The largest absolute Gasteiger partial charge is 0.356 e. The van der Waals surface area contributed by atoms with Crippen molar-refractivity contribution in [3.8, 4) is 0 Å². The van der Waals surface area contributed by atoms with E-state index in [-0.39, 0.29) is 0 Å². The van der Waals surface area contributed by atoms with Crippen molar-refractivity contribution in [2.75, 3.05) is 20.1 Å². The number of guanidine groups is 1. The summed E-state index contributed by atoms with van der Waals surface area (Å²) in [5, 5.41) is 10.9. The Balaban J connectivity index is 1.65. The Hall–Kier alpha value is -2.24. The molecule has 0 saturated carbocycles. The molecule has 2 aromatic rings. The number of nitrogens with one attached hydrogen (secondary N) is 2. The second kappa shape index (κ2) is 8.14. The van der Waals surface area contributed by atoms with Crippen LogP contribution in [0.1, 0.15) is 6.92 Å². The first-order valence-electron chi connectivity index (χ1n) is 7.30. The summed E-state index contributed by atoms with van der Waals surface area (Å²) in [4.78, 5) is 4.24. The van der Waals surface area contributed by atoms with E-state index in [2.05, 4.69) is 44.6 Å². The van der Waals surface area contributed by atoms with Crippen LogP contribution in [0.3, 0.4) is 0 Å². The summed E-state index contributed by atoms with van der Waals surface area (Å²) in [5.41, 5.74) is 0. The van der Waals surface area contributed by atoms with Gasteiger partial charge in [-0.1, -0.05) is 6.92 Å². The lowest BCUT2D eigenvalue weighted by atomic mass is 10.2. The molecule has 1 unspecified atom stereocenters. The second-order valence-electron chi connectivity index (χ2n) is 5.13. The molecule has 2 aromatic heterocycles. The van der Waals surface area contributed by atoms with Crippen molar-refractivity contribution in [3.63, 3.8) is 0 Å². The first-order valence-corrected chi connectivity index (χ1v) is 7.30. The van der Waals surface area contributed by atoms with Gasteiger partial charge in [0.2, 0.25) is 0 Å². The van der Waals surface area contributed by atoms with Gasteiger partial charge in [-0.25, -0.2) is 0 Å². The summed E-state index contributed by atoms with van der Waals surface area (Å²) in [6.45, 7) is 5.74. The van der Waals surface area contributed by atoms with Gasteiger partial charge in [0.25, 0.3) is 0 Å². The Bertz CT molecular complexity index is 514. The smallest absolute Gasteiger partial charge is 0.191 e. The third kappa shape index (κ3) is 5.33. The quantitative estimate of drug-likeness (QED) is 0.594. The van der Waals surface area contributed by atoms with Crippen molar-refractivity contribution < 1.29 is 0 Å². The normalized spacial score (nSPS) is 13.1. The second-order valence-corrected chi connectivity index (χ2v) is 5.13.